The molecule has 31 heavy (non-hydrogen) atoms. The van der Waals surface area contributed by atoms with E-state index in [1.54, 1.807) is 18.5 Å². The molecular formula is C23H21ClFN5O. The van der Waals surface area contributed by atoms with Crippen molar-refractivity contribution in [1.29, 1.82) is 0 Å². The van der Waals surface area contributed by atoms with Gasteiger partial charge in [0.2, 0.25) is 0 Å². The Labute approximate surface area is 183 Å². The lowest BCUT2D eigenvalue weighted by Crippen LogP contribution is -2.13. The van der Waals surface area contributed by atoms with Crippen LogP contribution in [0.5, 0.6) is 0 Å². The Morgan fingerprint density at radius 3 is 2.74 bits per heavy atom. The van der Waals surface area contributed by atoms with Crippen LogP contribution in [0.15, 0.2) is 53.6 Å². The second-order valence-electron chi connectivity index (χ2n) is 8.01. The monoisotopic (exact) mass is 437 g/mol. The van der Waals surface area contributed by atoms with E-state index in [1.165, 1.54) is 18.9 Å². The van der Waals surface area contributed by atoms with Crippen LogP contribution in [0.4, 0.5) is 10.1 Å². The van der Waals surface area contributed by atoms with E-state index in [2.05, 4.69) is 15.2 Å². The van der Waals surface area contributed by atoms with Crippen LogP contribution in [-0.2, 0) is 0 Å². The molecule has 1 aliphatic carbocycles. The van der Waals surface area contributed by atoms with Gasteiger partial charge in [-0.15, -0.1) is 0 Å². The minimum absolute atomic E-state index is 0.0166. The van der Waals surface area contributed by atoms with Crippen LogP contribution in [0.2, 0.25) is 5.02 Å². The molecule has 1 fully saturated rings. The average Bonchev–Trinajstić information content (AvgIpc) is 3.28. The van der Waals surface area contributed by atoms with Gasteiger partial charge in [-0.1, -0.05) is 35.7 Å². The zero-order valence-corrected chi connectivity index (χ0v) is 17.7. The molecule has 0 saturated heterocycles. The molecule has 0 amide bonds. The Hall–Kier alpha value is -3.19. The molecule has 0 spiro atoms. The quantitative estimate of drug-likeness (QED) is 0.393. The first-order valence-corrected chi connectivity index (χ1v) is 10.5. The third-order valence-electron chi connectivity index (χ3n) is 5.78. The molecule has 6 nitrogen and oxygen atoms in total. The highest BCUT2D eigenvalue weighted by molar-refractivity contribution is 6.31. The predicted octanol–water partition coefficient (Wildman–Crippen LogP) is 5.67. The van der Waals surface area contributed by atoms with Crippen LogP contribution in [0.3, 0.4) is 0 Å². The van der Waals surface area contributed by atoms with Gasteiger partial charge >= 0.3 is 0 Å². The molecular weight excluding hydrogens is 417 g/mol. The first-order valence-electron chi connectivity index (χ1n) is 10.2. The highest BCUT2D eigenvalue weighted by Crippen LogP contribution is 2.40. The number of hydrogen-bond donors (Lipinski definition) is 1. The van der Waals surface area contributed by atoms with Gasteiger partial charge in [0.25, 0.3) is 0 Å². The summed E-state index contributed by atoms with van der Waals surface area (Å²) < 4.78 is 21.6. The van der Waals surface area contributed by atoms with Gasteiger partial charge in [0.05, 0.1) is 28.6 Å². The third-order valence-corrected chi connectivity index (χ3v) is 6.07. The molecule has 0 aliphatic heterocycles. The number of anilines is 1. The lowest BCUT2D eigenvalue weighted by Gasteiger charge is -2.18. The molecule has 1 aliphatic rings. The summed E-state index contributed by atoms with van der Waals surface area (Å²) in [4.78, 5) is 4.66. The highest BCUT2D eigenvalue weighted by atomic mass is 35.5. The predicted molar refractivity (Wildman–Crippen MR) is 117 cm³/mol. The Morgan fingerprint density at radius 1 is 1.23 bits per heavy atom. The number of halogens is 2. The van der Waals surface area contributed by atoms with Gasteiger partial charge < -0.3 is 10.3 Å². The Bertz CT molecular complexity index is 1230. The largest absolute Gasteiger partial charge is 0.398 e. The van der Waals surface area contributed by atoms with Crippen LogP contribution >= 0.6 is 11.6 Å². The van der Waals surface area contributed by atoms with Gasteiger partial charge in [-0.3, -0.25) is 9.67 Å². The lowest BCUT2D eigenvalue weighted by molar-refractivity contribution is 0.415. The number of aromatic nitrogens is 4. The van der Waals surface area contributed by atoms with Crippen molar-refractivity contribution in [2.45, 2.75) is 32.2 Å². The zero-order valence-electron chi connectivity index (χ0n) is 16.9. The Morgan fingerprint density at radius 2 is 2.06 bits per heavy atom. The minimum Gasteiger partial charge on any atom is -0.398 e. The summed E-state index contributed by atoms with van der Waals surface area (Å²) in [6.07, 6.45) is 10.5. The van der Waals surface area contributed by atoms with Crippen molar-refractivity contribution in [2.24, 2.45) is 5.92 Å². The average molecular weight is 438 g/mol. The van der Waals surface area contributed by atoms with Crippen molar-refractivity contribution in [2.75, 3.05) is 5.73 Å². The fourth-order valence-corrected chi connectivity index (χ4v) is 4.02. The van der Waals surface area contributed by atoms with Crippen LogP contribution < -0.4 is 5.73 Å². The second-order valence-corrected chi connectivity index (χ2v) is 8.42. The van der Waals surface area contributed by atoms with E-state index in [0.29, 0.717) is 17.2 Å². The fraction of sp³-hybridized carbons (Fsp3) is 0.261. The standard InChI is InChI=1S/C23H21ClFN5O/c1-13-17(12-31-29-13)16-10-28-30(11-16)21(8-14-2-3-14)20-7-4-15(9-27-20)22-19(26)6-5-18(24)23(22)25/h4-7,9-12,14,21H,2-3,8,26H2,1H3. The van der Waals surface area contributed by atoms with Crippen molar-refractivity contribution in [3.8, 4) is 22.3 Å². The molecule has 1 atom stereocenters. The number of benzene rings is 1. The molecule has 3 aromatic heterocycles. The summed E-state index contributed by atoms with van der Waals surface area (Å²) in [7, 11) is 0. The SMILES string of the molecule is Cc1nocc1-c1cnn(C(CC2CC2)c2ccc(-c3c(N)ccc(Cl)c3F)cn2)c1. The van der Waals surface area contributed by atoms with Crippen molar-refractivity contribution < 1.29 is 8.91 Å². The van der Waals surface area contributed by atoms with E-state index >= 15 is 0 Å². The van der Waals surface area contributed by atoms with Crippen molar-refractivity contribution in [1.82, 2.24) is 19.9 Å². The van der Waals surface area contributed by atoms with Gasteiger partial charge in [0, 0.05) is 40.3 Å². The number of rotatable bonds is 6. The fourth-order valence-electron chi connectivity index (χ4n) is 3.86. The van der Waals surface area contributed by atoms with Gasteiger partial charge in [-0.05, 0) is 37.5 Å². The van der Waals surface area contributed by atoms with Crippen LogP contribution in [0.25, 0.3) is 22.3 Å². The summed E-state index contributed by atoms with van der Waals surface area (Å²) in [5, 5.41) is 8.58. The van der Waals surface area contributed by atoms with E-state index in [1.807, 2.05) is 36.1 Å². The molecule has 0 bridgehead atoms. The number of nitrogens with zero attached hydrogens (tertiary/aromatic N) is 4. The molecule has 2 N–H and O–H groups in total. The molecule has 5 rings (SSSR count). The van der Waals surface area contributed by atoms with Crippen molar-refractivity contribution >= 4 is 17.3 Å². The molecule has 3 heterocycles. The number of hydrogen-bond acceptors (Lipinski definition) is 5. The number of nitrogen functional groups attached to an aromatic ring is 1. The van der Waals surface area contributed by atoms with Crippen molar-refractivity contribution in [3.05, 3.63) is 71.3 Å². The maximum Gasteiger partial charge on any atom is 0.151 e. The summed E-state index contributed by atoms with van der Waals surface area (Å²) >= 11 is 5.94. The normalized spacial score (nSPS) is 14.7. The van der Waals surface area contributed by atoms with E-state index in [4.69, 9.17) is 21.9 Å². The number of aryl methyl sites for hydroxylation is 1. The van der Waals surface area contributed by atoms with Crippen LogP contribution in [0.1, 0.15) is 36.7 Å². The van der Waals surface area contributed by atoms with Gasteiger partial charge in [-0.25, -0.2) is 4.39 Å². The lowest BCUT2D eigenvalue weighted by atomic mass is 10.0. The van der Waals surface area contributed by atoms with Gasteiger partial charge in [0.15, 0.2) is 5.82 Å². The topological polar surface area (TPSA) is 82.8 Å². The van der Waals surface area contributed by atoms with Crippen LogP contribution in [-0.4, -0.2) is 19.9 Å². The maximum atomic E-state index is 14.6. The zero-order chi connectivity index (χ0) is 21.5. The summed E-state index contributed by atoms with van der Waals surface area (Å²) in [6.45, 7) is 1.90. The van der Waals surface area contributed by atoms with E-state index in [9.17, 15) is 4.39 Å². The Kier molecular flexibility index (Phi) is 4.98. The smallest absolute Gasteiger partial charge is 0.151 e. The van der Waals surface area contributed by atoms with Gasteiger partial charge in [0.1, 0.15) is 6.26 Å². The minimum atomic E-state index is -0.536. The second kappa shape index (κ2) is 7.81. The first kappa shape index (κ1) is 19.8. The molecule has 158 valence electrons. The van der Waals surface area contributed by atoms with Crippen molar-refractivity contribution in [3.63, 3.8) is 0 Å². The summed E-state index contributed by atoms with van der Waals surface area (Å²) in [6, 6.07) is 6.78. The van der Waals surface area contributed by atoms with Crippen LogP contribution in [0, 0.1) is 18.7 Å². The number of pyridine rings is 1. The molecule has 1 saturated carbocycles. The maximum absolute atomic E-state index is 14.6. The molecule has 1 unspecified atom stereocenters. The van der Waals surface area contributed by atoms with E-state index in [-0.39, 0.29) is 16.6 Å². The van der Waals surface area contributed by atoms with Gasteiger partial charge in [-0.2, -0.15) is 5.10 Å². The van der Waals surface area contributed by atoms with E-state index < -0.39 is 5.82 Å². The first-order chi connectivity index (χ1) is 15.0. The summed E-state index contributed by atoms with van der Waals surface area (Å²) in [5.74, 6) is 0.129. The summed E-state index contributed by atoms with van der Waals surface area (Å²) in [5.41, 5.74) is 10.7. The molecule has 0 radical (unpaired) electrons. The number of nitrogens with two attached hydrogens (primary N) is 1. The Balaban J connectivity index is 1.48. The molecule has 4 aromatic rings. The molecule has 8 heteroatoms. The molecule has 1 aromatic carbocycles. The highest BCUT2D eigenvalue weighted by Gasteiger charge is 2.29. The third kappa shape index (κ3) is 3.81. The van der Waals surface area contributed by atoms with E-state index in [0.717, 1.165) is 28.9 Å².